The van der Waals surface area contributed by atoms with E-state index in [-0.39, 0.29) is 5.82 Å². The number of rotatable bonds is 2. The molecule has 1 aliphatic carbocycles. The van der Waals surface area contributed by atoms with Gasteiger partial charge < -0.3 is 0 Å². The number of hydrogen-bond acceptors (Lipinski definition) is 2. The number of nitrogens with one attached hydrogen (secondary N) is 1. The van der Waals surface area contributed by atoms with E-state index in [1.807, 2.05) is 0 Å². The van der Waals surface area contributed by atoms with Gasteiger partial charge in [0.15, 0.2) is 0 Å². The molecule has 0 amide bonds. The van der Waals surface area contributed by atoms with Crippen LogP contribution in [0.2, 0.25) is 5.02 Å². The molecule has 0 aliphatic heterocycles. The lowest BCUT2D eigenvalue weighted by Gasteiger charge is -2.18. The highest BCUT2D eigenvalue weighted by atomic mass is 35.5. The maximum absolute atomic E-state index is 13.2. The third-order valence-electron chi connectivity index (χ3n) is 2.98. The minimum absolute atomic E-state index is 0.334. The molecule has 16 heavy (non-hydrogen) atoms. The van der Waals surface area contributed by atoms with Gasteiger partial charge in [-0.2, -0.15) is 0 Å². The van der Waals surface area contributed by atoms with Crippen LogP contribution in [0.1, 0.15) is 18.4 Å². The summed E-state index contributed by atoms with van der Waals surface area (Å²) in [6.45, 7) is 0. The van der Waals surface area contributed by atoms with Gasteiger partial charge in [0.1, 0.15) is 11.7 Å². The number of halogens is 2. The standard InChI is InChI=1S/C11H12ClFN2O/c1-14-10(15-16)11(4-5-11)8-6-7(13)2-3-9(8)12/h2-3,6,16H,4-5H2,1H3,(H,14,15). The molecule has 0 saturated heterocycles. The first kappa shape index (κ1) is 11.4. The predicted molar refractivity (Wildman–Crippen MR) is 60.6 cm³/mol. The van der Waals surface area contributed by atoms with Crippen LogP contribution in [-0.4, -0.2) is 18.1 Å². The van der Waals surface area contributed by atoms with Crippen molar-refractivity contribution in [3.8, 4) is 0 Å². The van der Waals surface area contributed by atoms with E-state index < -0.39 is 5.41 Å². The van der Waals surface area contributed by atoms with Crippen molar-refractivity contribution in [3.63, 3.8) is 0 Å². The summed E-state index contributed by atoms with van der Waals surface area (Å²) in [4.78, 5) is 3.96. The Morgan fingerprint density at radius 3 is 2.75 bits per heavy atom. The Morgan fingerprint density at radius 1 is 1.56 bits per heavy atom. The van der Waals surface area contributed by atoms with Crippen LogP contribution >= 0.6 is 11.6 Å². The Morgan fingerprint density at radius 2 is 2.25 bits per heavy atom. The third kappa shape index (κ3) is 1.68. The van der Waals surface area contributed by atoms with E-state index in [0.717, 1.165) is 12.8 Å². The number of benzene rings is 1. The lowest BCUT2D eigenvalue weighted by atomic mass is 9.94. The topological polar surface area (TPSA) is 44.6 Å². The summed E-state index contributed by atoms with van der Waals surface area (Å²) in [5, 5.41) is 9.50. The van der Waals surface area contributed by atoms with Gasteiger partial charge >= 0.3 is 0 Å². The fraction of sp³-hybridized carbons (Fsp3) is 0.364. The van der Waals surface area contributed by atoms with Gasteiger partial charge in [-0.25, -0.2) is 4.39 Å². The van der Waals surface area contributed by atoms with E-state index in [4.69, 9.17) is 16.8 Å². The molecular weight excluding hydrogens is 231 g/mol. The lowest BCUT2D eigenvalue weighted by molar-refractivity contribution is 0.229. The van der Waals surface area contributed by atoms with Gasteiger partial charge in [0, 0.05) is 12.1 Å². The molecule has 0 unspecified atom stereocenters. The fourth-order valence-corrected chi connectivity index (χ4v) is 2.29. The van der Waals surface area contributed by atoms with E-state index >= 15 is 0 Å². The van der Waals surface area contributed by atoms with Crippen LogP contribution in [-0.2, 0) is 5.41 Å². The normalized spacial score (nSPS) is 18.4. The quantitative estimate of drug-likeness (QED) is 0.476. The molecule has 1 aliphatic rings. The van der Waals surface area contributed by atoms with Crippen molar-refractivity contribution in [1.29, 1.82) is 0 Å². The van der Waals surface area contributed by atoms with Crippen LogP contribution in [0.3, 0.4) is 0 Å². The van der Waals surface area contributed by atoms with E-state index in [1.165, 1.54) is 18.2 Å². The van der Waals surface area contributed by atoms with E-state index in [0.29, 0.717) is 16.4 Å². The van der Waals surface area contributed by atoms with Crippen molar-refractivity contribution in [2.24, 2.45) is 4.99 Å². The largest absolute Gasteiger partial charge is 0.290 e. The molecule has 1 fully saturated rings. The van der Waals surface area contributed by atoms with Crippen molar-refractivity contribution < 1.29 is 9.60 Å². The average Bonchev–Trinajstić information content (AvgIpc) is 3.05. The highest BCUT2D eigenvalue weighted by Gasteiger charge is 2.50. The van der Waals surface area contributed by atoms with Crippen molar-refractivity contribution >= 4 is 17.4 Å². The van der Waals surface area contributed by atoms with Gasteiger partial charge in [-0.05, 0) is 36.6 Å². The predicted octanol–water partition coefficient (Wildman–Crippen LogP) is 2.52. The monoisotopic (exact) mass is 242 g/mol. The highest BCUT2D eigenvalue weighted by Crippen LogP contribution is 2.51. The third-order valence-corrected chi connectivity index (χ3v) is 3.31. The molecule has 0 aromatic heterocycles. The first-order valence-electron chi connectivity index (χ1n) is 4.97. The molecular formula is C11H12ClFN2O. The second-order valence-electron chi connectivity index (χ2n) is 3.89. The maximum Gasteiger partial charge on any atom is 0.131 e. The van der Waals surface area contributed by atoms with Crippen LogP contribution in [0.25, 0.3) is 0 Å². The van der Waals surface area contributed by atoms with Crippen molar-refractivity contribution in [3.05, 3.63) is 34.6 Å². The summed E-state index contributed by atoms with van der Waals surface area (Å²) in [5.41, 5.74) is 2.30. The summed E-state index contributed by atoms with van der Waals surface area (Å²) in [7, 11) is 1.58. The van der Waals surface area contributed by atoms with E-state index in [1.54, 1.807) is 7.05 Å². The molecule has 1 aromatic carbocycles. The zero-order valence-electron chi connectivity index (χ0n) is 8.80. The molecule has 1 saturated carbocycles. The Kier molecular flexibility index (Phi) is 2.86. The van der Waals surface area contributed by atoms with Crippen LogP contribution in [0, 0.1) is 5.82 Å². The summed E-state index contributed by atoms with van der Waals surface area (Å²) in [6, 6.07) is 4.24. The molecule has 3 nitrogen and oxygen atoms in total. The fourth-order valence-electron chi connectivity index (χ4n) is 1.99. The van der Waals surface area contributed by atoms with E-state index in [9.17, 15) is 4.39 Å². The summed E-state index contributed by atoms with van der Waals surface area (Å²) in [5.74, 6) is 0.0964. The van der Waals surface area contributed by atoms with Crippen LogP contribution in [0.15, 0.2) is 23.2 Å². The summed E-state index contributed by atoms with van der Waals surface area (Å²) in [6.07, 6.45) is 1.60. The Labute approximate surface area is 97.9 Å². The first-order chi connectivity index (χ1) is 7.64. The van der Waals surface area contributed by atoms with Gasteiger partial charge in [0.05, 0.1) is 5.41 Å². The lowest BCUT2D eigenvalue weighted by Crippen LogP contribution is -2.33. The molecule has 0 heterocycles. The Bertz CT molecular complexity index is 444. The molecule has 0 bridgehead atoms. The average molecular weight is 243 g/mol. The van der Waals surface area contributed by atoms with Crippen molar-refractivity contribution in [2.45, 2.75) is 18.3 Å². The van der Waals surface area contributed by atoms with Gasteiger partial charge in [-0.15, -0.1) is 0 Å². The first-order valence-corrected chi connectivity index (χ1v) is 5.35. The second-order valence-corrected chi connectivity index (χ2v) is 4.30. The molecule has 0 spiro atoms. The summed E-state index contributed by atoms with van der Waals surface area (Å²) >= 11 is 6.05. The molecule has 5 heteroatoms. The zero-order valence-corrected chi connectivity index (χ0v) is 9.55. The van der Waals surface area contributed by atoms with Crippen LogP contribution in [0.4, 0.5) is 4.39 Å². The number of amidine groups is 1. The molecule has 1 aromatic rings. The van der Waals surface area contributed by atoms with Gasteiger partial charge in [0.2, 0.25) is 0 Å². The maximum atomic E-state index is 13.2. The molecule has 86 valence electrons. The van der Waals surface area contributed by atoms with Gasteiger partial charge in [-0.1, -0.05) is 11.6 Å². The number of nitrogens with zero attached hydrogens (tertiary/aromatic N) is 1. The number of hydrogen-bond donors (Lipinski definition) is 2. The minimum Gasteiger partial charge on any atom is -0.290 e. The zero-order chi connectivity index (χ0) is 11.8. The molecule has 2 N–H and O–H groups in total. The minimum atomic E-state index is -0.442. The van der Waals surface area contributed by atoms with E-state index in [2.05, 4.69) is 10.5 Å². The Hall–Kier alpha value is -1.13. The van der Waals surface area contributed by atoms with Gasteiger partial charge in [-0.3, -0.25) is 15.7 Å². The second kappa shape index (κ2) is 4.03. The Balaban J connectivity index is 2.48. The molecule has 0 radical (unpaired) electrons. The number of aliphatic imine (C=N–C) groups is 1. The van der Waals surface area contributed by atoms with Crippen molar-refractivity contribution in [1.82, 2.24) is 5.48 Å². The molecule has 0 atom stereocenters. The summed E-state index contributed by atoms with van der Waals surface area (Å²) < 4.78 is 13.2. The van der Waals surface area contributed by atoms with Crippen LogP contribution in [0.5, 0.6) is 0 Å². The SMILES string of the molecule is CN=C(NO)C1(c2cc(F)ccc2Cl)CC1. The highest BCUT2D eigenvalue weighted by molar-refractivity contribution is 6.32. The number of hydroxylamine groups is 1. The van der Waals surface area contributed by atoms with Crippen LogP contribution < -0.4 is 5.48 Å². The smallest absolute Gasteiger partial charge is 0.131 e. The van der Waals surface area contributed by atoms with Crippen molar-refractivity contribution in [2.75, 3.05) is 7.05 Å². The van der Waals surface area contributed by atoms with Gasteiger partial charge in [0.25, 0.3) is 0 Å². The molecule has 2 rings (SSSR count).